The van der Waals surface area contributed by atoms with Crippen molar-refractivity contribution in [1.82, 2.24) is 4.98 Å². The zero-order valence-corrected chi connectivity index (χ0v) is 15.1. The van der Waals surface area contributed by atoms with Gasteiger partial charge in [0, 0.05) is 21.6 Å². The van der Waals surface area contributed by atoms with E-state index in [-0.39, 0.29) is 0 Å². The SMILES string of the molecule is FC(F)(F)c1cccc(CSc2c(-c3ccccc3)[nH]c3ccccc23)c1. The van der Waals surface area contributed by atoms with E-state index in [2.05, 4.69) is 4.98 Å². The van der Waals surface area contributed by atoms with Crippen molar-refractivity contribution >= 4 is 22.7 Å². The quantitative estimate of drug-likeness (QED) is 0.370. The fourth-order valence-electron chi connectivity index (χ4n) is 3.07. The number of aromatic nitrogens is 1. The van der Waals surface area contributed by atoms with Gasteiger partial charge in [-0.25, -0.2) is 0 Å². The summed E-state index contributed by atoms with van der Waals surface area (Å²) in [4.78, 5) is 4.50. The molecule has 1 aromatic heterocycles. The molecular formula is C22H16F3NS. The van der Waals surface area contributed by atoms with Crippen LogP contribution in [0.3, 0.4) is 0 Å². The maximum Gasteiger partial charge on any atom is 0.416 e. The number of para-hydroxylation sites is 1. The van der Waals surface area contributed by atoms with E-state index in [4.69, 9.17) is 0 Å². The first kappa shape index (κ1) is 17.7. The molecule has 1 nitrogen and oxygen atoms in total. The van der Waals surface area contributed by atoms with Crippen molar-refractivity contribution in [1.29, 1.82) is 0 Å². The number of fused-ring (bicyclic) bond motifs is 1. The minimum atomic E-state index is -4.32. The molecule has 136 valence electrons. The molecular weight excluding hydrogens is 367 g/mol. The second-order valence-electron chi connectivity index (χ2n) is 6.23. The Morgan fingerprint density at radius 3 is 2.33 bits per heavy atom. The minimum Gasteiger partial charge on any atom is -0.354 e. The van der Waals surface area contributed by atoms with E-state index >= 15 is 0 Å². The largest absolute Gasteiger partial charge is 0.416 e. The van der Waals surface area contributed by atoms with Crippen LogP contribution < -0.4 is 0 Å². The van der Waals surface area contributed by atoms with Gasteiger partial charge in [-0.15, -0.1) is 11.8 Å². The van der Waals surface area contributed by atoms with Crippen LogP contribution in [-0.2, 0) is 11.9 Å². The summed E-state index contributed by atoms with van der Waals surface area (Å²) in [5.41, 5.74) is 3.11. The van der Waals surface area contributed by atoms with E-state index < -0.39 is 11.7 Å². The highest BCUT2D eigenvalue weighted by molar-refractivity contribution is 7.98. The van der Waals surface area contributed by atoms with Gasteiger partial charge in [-0.3, -0.25) is 0 Å². The Morgan fingerprint density at radius 2 is 1.56 bits per heavy atom. The molecule has 0 spiro atoms. The number of thioether (sulfide) groups is 1. The van der Waals surface area contributed by atoms with Crippen molar-refractivity contribution < 1.29 is 13.2 Å². The maximum absolute atomic E-state index is 13.0. The molecule has 1 N–H and O–H groups in total. The summed E-state index contributed by atoms with van der Waals surface area (Å²) < 4.78 is 38.9. The van der Waals surface area contributed by atoms with Crippen LogP contribution in [-0.4, -0.2) is 4.98 Å². The number of H-pyrrole nitrogens is 1. The van der Waals surface area contributed by atoms with Crippen LogP contribution >= 0.6 is 11.8 Å². The number of alkyl halides is 3. The lowest BCUT2D eigenvalue weighted by atomic mass is 10.1. The predicted octanol–water partition coefficient (Wildman–Crippen LogP) is 7.15. The Morgan fingerprint density at radius 1 is 0.815 bits per heavy atom. The molecule has 3 aromatic carbocycles. The van der Waals surface area contributed by atoms with Gasteiger partial charge >= 0.3 is 6.18 Å². The Labute approximate surface area is 159 Å². The van der Waals surface area contributed by atoms with Crippen LogP contribution in [0, 0.1) is 0 Å². The third-order valence-electron chi connectivity index (χ3n) is 4.36. The average molecular weight is 383 g/mol. The minimum absolute atomic E-state index is 0.464. The third kappa shape index (κ3) is 3.74. The molecule has 0 amide bonds. The van der Waals surface area contributed by atoms with Crippen molar-refractivity contribution in [3.05, 3.63) is 90.0 Å². The Balaban J connectivity index is 1.70. The first-order chi connectivity index (χ1) is 13.0. The number of benzene rings is 3. The predicted molar refractivity (Wildman–Crippen MR) is 105 cm³/mol. The van der Waals surface area contributed by atoms with Gasteiger partial charge < -0.3 is 4.98 Å². The standard InChI is InChI=1S/C22H16F3NS/c23-22(24,25)17-10-6-7-15(13-17)14-27-21-18-11-4-5-12-19(18)26-20(21)16-8-2-1-3-9-16/h1-13,26H,14H2. The lowest BCUT2D eigenvalue weighted by Crippen LogP contribution is -2.04. The van der Waals surface area contributed by atoms with Gasteiger partial charge in [-0.05, 0) is 23.3 Å². The van der Waals surface area contributed by atoms with E-state index in [0.29, 0.717) is 11.3 Å². The average Bonchev–Trinajstić information content (AvgIpc) is 3.05. The second kappa shape index (κ2) is 7.16. The van der Waals surface area contributed by atoms with E-state index in [1.807, 2.05) is 54.6 Å². The summed E-state index contributed by atoms with van der Waals surface area (Å²) in [5, 5.41) is 1.08. The number of nitrogens with one attached hydrogen (secondary N) is 1. The Kier molecular flexibility index (Phi) is 4.70. The molecule has 0 aliphatic carbocycles. The first-order valence-electron chi connectivity index (χ1n) is 8.47. The summed E-state index contributed by atoms with van der Waals surface area (Å²) in [6.45, 7) is 0. The Bertz CT molecular complexity index is 1070. The number of hydrogen-bond donors (Lipinski definition) is 1. The van der Waals surface area contributed by atoms with Crippen LogP contribution in [0.1, 0.15) is 11.1 Å². The van der Waals surface area contributed by atoms with Gasteiger partial charge in [0.1, 0.15) is 0 Å². The molecule has 27 heavy (non-hydrogen) atoms. The molecule has 0 aliphatic rings. The number of hydrogen-bond acceptors (Lipinski definition) is 1. The van der Waals surface area contributed by atoms with Crippen molar-refractivity contribution in [2.24, 2.45) is 0 Å². The summed E-state index contributed by atoms with van der Waals surface area (Å²) in [6, 6.07) is 23.5. The molecule has 5 heteroatoms. The summed E-state index contributed by atoms with van der Waals surface area (Å²) >= 11 is 1.55. The molecule has 0 aliphatic heterocycles. The highest BCUT2D eigenvalue weighted by atomic mass is 32.2. The van der Waals surface area contributed by atoms with Crippen LogP contribution in [0.2, 0.25) is 0 Å². The van der Waals surface area contributed by atoms with E-state index in [0.717, 1.165) is 33.1 Å². The number of halogens is 3. The van der Waals surface area contributed by atoms with E-state index in [9.17, 15) is 13.2 Å². The summed E-state index contributed by atoms with van der Waals surface area (Å²) in [7, 11) is 0. The van der Waals surface area contributed by atoms with E-state index in [1.54, 1.807) is 17.8 Å². The fraction of sp³-hybridized carbons (Fsp3) is 0.0909. The zero-order valence-electron chi connectivity index (χ0n) is 14.3. The second-order valence-corrected chi connectivity index (χ2v) is 7.21. The third-order valence-corrected chi connectivity index (χ3v) is 5.55. The Hall–Kier alpha value is -2.66. The topological polar surface area (TPSA) is 15.8 Å². The van der Waals surface area contributed by atoms with Gasteiger partial charge in [0.15, 0.2) is 0 Å². The van der Waals surface area contributed by atoms with Crippen LogP contribution in [0.5, 0.6) is 0 Å². The molecule has 0 saturated carbocycles. The fourth-order valence-corrected chi connectivity index (χ4v) is 4.20. The van der Waals surface area contributed by atoms with Gasteiger partial charge in [-0.1, -0.05) is 66.7 Å². The molecule has 1 heterocycles. The lowest BCUT2D eigenvalue weighted by molar-refractivity contribution is -0.137. The van der Waals surface area contributed by atoms with Crippen molar-refractivity contribution in [2.45, 2.75) is 16.8 Å². The van der Waals surface area contributed by atoms with Gasteiger partial charge in [0.05, 0.1) is 11.3 Å². The first-order valence-corrected chi connectivity index (χ1v) is 9.46. The van der Waals surface area contributed by atoms with Crippen molar-refractivity contribution in [3.63, 3.8) is 0 Å². The smallest absolute Gasteiger partial charge is 0.354 e. The lowest BCUT2D eigenvalue weighted by Gasteiger charge is -2.09. The molecule has 0 bridgehead atoms. The van der Waals surface area contributed by atoms with Gasteiger partial charge in [0.2, 0.25) is 0 Å². The number of aromatic amines is 1. The van der Waals surface area contributed by atoms with Gasteiger partial charge in [0.25, 0.3) is 0 Å². The molecule has 0 fully saturated rings. The van der Waals surface area contributed by atoms with E-state index in [1.165, 1.54) is 12.1 Å². The molecule has 0 radical (unpaired) electrons. The van der Waals surface area contributed by atoms with Crippen LogP contribution in [0.4, 0.5) is 13.2 Å². The monoisotopic (exact) mass is 383 g/mol. The highest BCUT2D eigenvalue weighted by Crippen LogP contribution is 2.39. The van der Waals surface area contributed by atoms with Crippen LogP contribution in [0.15, 0.2) is 83.8 Å². The normalized spacial score (nSPS) is 11.8. The molecule has 0 atom stereocenters. The van der Waals surface area contributed by atoms with Crippen LogP contribution in [0.25, 0.3) is 22.2 Å². The van der Waals surface area contributed by atoms with Crippen molar-refractivity contribution in [2.75, 3.05) is 0 Å². The van der Waals surface area contributed by atoms with Gasteiger partial charge in [-0.2, -0.15) is 13.2 Å². The zero-order chi connectivity index (χ0) is 18.9. The molecule has 4 rings (SSSR count). The number of rotatable bonds is 4. The highest BCUT2D eigenvalue weighted by Gasteiger charge is 2.30. The molecule has 4 aromatic rings. The summed E-state index contributed by atoms with van der Waals surface area (Å²) in [6.07, 6.45) is -4.32. The molecule has 0 unspecified atom stereocenters. The maximum atomic E-state index is 13.0. The van der Waals surface area contributed by atoms with Crippen molar-refractivity contribution in [3.8, 4) is 11.3 Å². The molecule has 0 saturated heterocycles. The summed E-state index contributed by atoms with van der Waals surface area (Å²) in [5.74, 6) is 0.464.